The highest BCUT2D eigenvalue weighted by Gasteiger charge is 2.24. The molecule has 3 heterocycles. The largest absolute Gasteiger partial charge is 0.370 e. The minimum atomic E-state index is -0.413. The van der Waals surface area contributed by atoms with Crippen LogP contribution in [0.25, 0.3) is 0 Å². The molecule has 1 atom stereocenters. The van der Waals surface area contributed by atoms with E-state index in [2.05, 4.69) is 19.8 Å². The van der Waals surface area contributed by atoms with Crippen LogP contribution in [0.15, 0.2) is 30.6 Å². The van der Waals surface area contributed by atoms with E-state index in [1.807, 2.05) is 6.07 Å². The van der Waals surface area contributed by atoms with Gasteiger partial charge in [0.1, 0.15) is 29.9 Å². The minimum absolute atomic E-state index is 0.122. The van der Waals surface area contributed by atoms with Gasteiger partial charge in [0, 0.05) is 32.2 Å². The Morgan fingerprint density at radius 2 is 1.80 bits per heavy atom. The second-order valence-corrected chi connectivity index (χ2v) is 6.81. The SMILES string of the molecule is Fc1ccc(C2CN(c3cc(N4CCCC4)ncn3)CCO2)cc1Cl. The number of hydrogen-bond donors (Lipinski definition) is 0. The molecule has 5 nitrogen and oxygen atoms in total. The van der Waals surface area contributed by atoms with Crippen LogP contribution in [0, 0.1) is 5.82 Å². The summed E-state index contributed by atoms with van der Waals surface area (Å²) in [6, 6.07) is 6.80. The summed E-state index contributed by atoms with van der Waals surface area (Å²) in [6.07, 6.45) is 3.90. The van der Waals surface area contributed by atoms with Gasteiger partial charge in [0.2, 0.25) is 0 Å². The second kappa shape index (κ2) is 7.14. The molecule has 1 aromatic carbocycles. The Kier molecular flexibility index (Phi) is 4.72. The number of halogens is 2. The topological polar surface area (TPSA) is 41.5 Å². The lowest BCUT2D eigenvalue weighted by atomic mass is 10.1. The van der Waals surface area contributed by atoms with Crippen molar-refractivity contribution >= 4 is 23.2 Å². The summed E-state index contributed by atoms with van der Waals surface area (Å²) < 4.78 is 19.3. The molecule has 0 N–H and O–H groups in total. The molecule has 0 bridgehead atoms. The maximum Gasteiger partial charge on any atom is 0.141 e. The molecule has 132 valence electrons. The third-order valence-corrected chi connectivity index (χ3v) is 5.06. The van der Waals surface area contributed by atoms with Crippen molar-refractivity contribution in [1.29, 1.82) is 0 Å². The number of hydrogen-bond acceptors (Lipinski definition) is 5. The first kappa shape index (κ1) is 16.5. The Hall–Kier alpha value is -1.92. The van der Waals surface area contributed by atoms with Crippen LogP contribution in [0.3, 0.4) is 0 Å². The van der Waals surface area contributed by atoms with Crippen LogP contribution >= 0.6 is 11.6 Å². The standard InChI is InChI=1S/C18H20ClFN4O/c19-14-9-13(3-4-15(14)20)16-11-24(7-8-25-16)18-10-17(21-12-22-18)23-5-1-2-6-23/h3-4,9-10,12,16H,1-2,5-8,11H2. The van der Waals surface area contributed by atoms with Crippen molar-refractivity contribution in [2.45, 2.75) is 18.9 Å². The molecule has 1 aromatic heterocycles. The van der Waals surface area contributed by atoms with E-state index in [1.165, 1.54) is 18.9 Å². The van der Waals surface area contributed by atoms with Crippen molar-refractivity contribution in [3.8, 4) is 0 Å². The zero-order valence-electron chi connectivity index (χ0n) is 13.9. The molecule has 1 unspecified atom stereocenters. The van der Waals surface area contributed by atoms with Crippen LogP contribution in [0.4, 0.5) is 16.0 Å². The van der Waals surface area contributed by atoms with Crippen molar-refractivity contribution in [2.75, 3.05) is 42.6 Å². The van der Waals surface area contributed by atoms with Gasteiger partial charge in [-0.25, -0.2) is 14.4 Å². The van der Waals surface area contributed by atoms with Gasteiger partial charge in [-0.2, -0.15) is 0 Å². The van der Waals surface area contributed by atoms with Crippen molar-refractivity contribution in [2.24, 2.45) is 0 Å². The van der Waals surface area contributed by atoms with E-state index in [-0.39, 0.29) is 11.1 Å². The molecular formula is C18H20ClFN4O. The highest BCUT2D eigenvalue weighted by Crippen LogP contribution is 2.29. The van der Waals surface area contributed by atoms with E-state index >= 15 is 0 Å². The Morgan fingerprint density at radius 3 is 2.56 bits per heavy atom. The zero-order valence-corrected chi connectivity index (χ0v) is 14.6. The molecule has 0 spiro atoms. The molecule has 2 aliphatic heterocycles. The second-order valence-electron chi connectivity index (χ2n) is 6.41. The normalized spacial score (nSPS) is 21.0. The molecule has 7 heteroatoms. The molecule has 0 saturated carbocycles. The number of ether oxygens (including phenoxy) is 1. The van der Waals surface area contributed by atoms with Crippen LogP contribution in [0.5, 0.6) is 0 Å². The van der Waals surface area contributed by atoms with Crippen LogP contribution in [-0.2, 0) is 4.74 Å². The van der Waals surface area contributed by atoms with Gasteiger partial charge in [-0.3, -0.25) is 0 Å². The fraction of sp³-hybridized carbons (Fsp3) is 0.444. The molecule has 25 heavy (non-hydrogen) atoms. The monoisotopic (exact) mass is 362 g/mol. The molecule has 0 radical (unpaired) electrons. The van der Waals surface area contributed by atoms with Gasteiger partial charge in [0.05, 0.1) is 11.6 Å². The van der Waals surface area contributed by atoms with Crippen LogP contribution < -0.4 is 9.80 Å². The van der Waals surface area contributed by atoms with Gasteiger partial charge < -0.3 is 14.5 Å². The fourth-order valence-electron chi connectivity index (χ4n) is 3.40. The quantitative estimate of drug-likeness (QED) is 0.836. The van der Waals surface area contributed by atoms with E-state index in [0.717, 1.165) is 36.8 Å². The molecule has 2 fully saturated rings. The van der Waals surface area contributed by atoms with E-state index < -0.39 is 5.82 Å². The first-order valence-electron chi connectivity index (χ1n) is 8.59. The number of benzene rings is 1. The number of aromatic nitrogens is 2. The maximum absolute atomic E-state index is 13.4. The molecule has 2 saturated heterocycles. The van der Waals surface area contributed by atoms with Crippen LogP contribution in [-0.4, -0.2) is 42.8 Å². The predicted octanol–water partition coefficient (Wildman–Crippen LogP) is 3.45. The summed E-state index contributed by atoms with van der Waals surface area (Å²) >= 11 is 5.91. The average Bonchev–Trinajstić information content (AvgIpc) is 3.19. The zero-order chi connectivity index (χ0) is 17.2. The number of rotatable bonds is 3. The van der Waals surface area contributed by atoms with Gasteiger partial charge in [-0.15, -0.1) is 0 Å². The van der Waals surface area contributed by atoms with Gasteiger partial charge in [-0.05, 0) is 30.5 Å². The van der Waals surface area contributed by atoms with Crippen LogP contribution in [0.1, 0.15) is 24.5 Å². The molecular weight excluding hydrogens is 343 g/mol. The van der Waals surface area contributed by atoms with Gasteiger partial charge in [0.15, 0.2) is 0 Å². The number of nitrogens with zero attached hydrogens (tertiary/aromatic N) is 4. The van der Waals surface area contributed by atoms with Gasteiger partial charge >= 0.3 is 0 Å². The molecule has 2 aliphatic rings. The smallest absolute Gasteiger partial charge is 0.141 e. The van der Waals surface area contributed by atoms with Crippen LogP contribution in [0.2, 0.25) is 5.02 Å². The third-order valence-electron chi connectivity index (χ3n) is 4.77. The summed E-state index contributed by atoms with van der Waals surface area (Å²) in [5.41, 5.74) is 0.880. The maximum atomic E-state index is 13.4. The summed E-state index contributed by atoms with van der Waals surface area (Å²) in [4.78, 5) is 13.3. The van der Waals surface area contributed by atoms with E-state index in [4.69, 9.17) is 16.3 Å². The molecule has 0 aliphatic carbocycles. The first-order valence-corrected chi connectivity index (χ1v) is 8.97. The van der Waals surface area contributed by atoms with Crippen molar-refractivity contribution < 1.29 is 9.13 Å². The minimum Gasteiger partial charge on any atom is -0.370 e. The predicted molar refractivity (Wildman–Crippen MR) is 95.8 cm³/mol. The van der Waals surface area contributed by atoms with Gasteiger partial charge in [0.25, 0.3) is 0 Å². The number of anilines is 2. The van der Waals surface area contributed by atoms with Crippen molar-refractivity contribution in [1.82, 2.24) is 9.97 Å². The summed E-state index contributed by atoms with van der Waals surface area (Å²) in [5, 5.41) is 0.122. The summed E-state index contributed by atoms with van der Waals surface area (Å²) in [6.45, 7) is 4.11. The fourth-order valence-corrected chi connectivity index (χ4v) is 3.59. The number of morpholine rings is 1. The molecule has 4 rings (SSSR count). The average molecular weight is 363 g/mol. The highest BCUT2D eigenvalue weighted by molar-refractivity contribution is 6.30. The van der Waals surface area contributed by atoms with Crippen molar-refractivity contribution in [3.05, 3.63) is 47.0 Å². The van der Waals surface area contributed by atoms with E-state index in [9.17, 15) is 4.39 Å². The van der Waals surface area contributed by atoms with E-state index in [1.54, 1.807) is 18.5 Å². The lowest BCUT2D eigenvalue weighted by Crippen LogP contribution is -2.39. The third kappa shape index (κ3) is 3.55. The van der Waals surface area contributed by atoms with Gasteiger partial charge in [-0.1, -0.05) is 17.7 Å². The summed E-state index contributed by atoms with van der Waals surface area (Å²) in [7, 11) is 0. The van der Waals surface area contributed by atoms with Crippen molar-refractivity contribution in [3.63, 3.8) is 0 Å². The Morgan fingerprint density at radius 1 is 1.04 bits per heavy atom. The Bertz CT molecular complexity index is 754. The lowest BCUT2D eigenvalue weighted by Gasteiger charge is -2.34. The highest BCUT2D eigenvalue weighted by atomic mass is 35.5. The first-order chi connectivity index (χ1) is 12.2. The molecule has 2 aromatic rings. The Balaban J connectivity index is 1.52. The molecule has 0 amide bonds. The van der Waals surface area contributed by atoms with E-state index in [0.29, 0.717) is 13.2 Å². The Labute approximate surface area is 151 Å². The lowest BCUT2D eigenvalue weighted by molar-refractivity contribution is 0.0395. The summed E-state index contributed by atoms with van der Waals surface area (Å²) in [5.74, 6) is 1.47.